The lowest BCUT2D eigenvalue weighted by atomic mass is 9.79. The van der Waals surface area contributed by atoms with Crippen LogP contribution in [0.1, 0.15) is 25.3 Å². The van der Waals surface area contributed by atoms with E-state index in [1.807, 2.05) is 25.1 Å². The molecule has 2 aliphatic carbocycles. The Hall–Kier alpha value is -2.17. The quantitative estimate of drug-likeness (QED) is 0.619. The van der Waals surface area contributed by atoms with E-state index in [1.54, 1.807) is 6.07 Å². The smallest absolute Gasteiger partial charge is 0.302 e. The summed E-state index contributed by atoms with van der Waals surface area (Å²) in [6.07, 6.45) is 1.30. The van der Waals surface area contributed by atoms with Gasteiger partial charge in [-0.05, 0) is 43.4 Å². The van der Waals surface area contributed by atoms with Gasteiger partial charge in [-0.15, -0.1) is 0 Å². The third-order valence-electron chi connectivity index (χ3n) is 5.53. The summed E-state index contributed by atoms with van der Waals surface area (Å²) in [7, 11) is 0. The molecule has 2 amide bonds. The molecule has 2 bridgehead atoms. The highest BCUT2D eigenvalue weighted by Crippen LogP contribution is 2.57. The zero-order valence-electron chi connectivity index (χ0n) is 13.2. The van der Waals surface area contributed by atoms with Crippen molar-refractivity contribution in [2.45, 2.75) is 32.8 Å². The minimum Gasteiger partial charge on any atom is -0.462 e. The van der Waals surface area contributed by atoms with Gasteiger partial charge < -0.3 is 4.74 Å². The fraction of sp³-hybridized carbons (Fsp3) is 0.500. The largest absolute Gasteiger partial charge is 0.462 e. The Kier molecular flexibility index (Phi) is 3.08. The first-order valence-corrected chi connectivity index (χ1v) is 8.09. The lowest BCUT2D eigenvalue weighted by Crippen LogP contribution is -2.36. The minimum atomic E-state index is -0.328. The SMILES string of the molecule is CC(=O)OC1CC2CC1C1C(=O)N(c3cccc(C)c3)C(=O)C21. The van der Waals surface area contributed by atoms with Crippen LogP contribution in [0.15, 0.2) is 24.3 Å². The van der Waals surface area contributed by atoms with Crippen LogP contribution in [-0.2, 0) is 19.1 Å². The molecule has 5 heteroatoms. The van der Waals surface area contributed by atoms with Crippen molar-refractivity contribution in [3.8, 4) is 0 Å². The highest BCUT2D eigenvalue weighted by Gasteiger charge is 2.64. The summed E-state index contributed by atoms with van der Waals surface area (Å²) in [5.41, 5.74) is 1.67. The number of imide groups is 1. The van der Waals surface area contributed by atoms with E-state index >= 15 is 0 Å². The van der Waals surface area contributed by atoms with Gasteiger partial charge in [-0.1, -0.05) is 12.1 Å². The molecule has 3 fully saturated rings. The minimum absolute atomic E-state index is 0.0137. The second-order valence-electron chi connectivity index (χ2n) is 6.95. The molecule has 1 aromatic rings. The third kappa shape index (κ3) is 2.02. The van der Waals surface area contributed by atoms with Gasteiger partial charge in [-0.3, -0.25) is 19.3 Å². The topological polar surface area (TPSA) is 63.7 Å². The Morgan fingerprint density at radius 2 is 1.91 bits per heavy atom. The van der Waals surface area contributed by atoms with Crippen LogP contribution >= 0.6 is 0 Å². The summed E-state index contributed by atoms with van der Waals surface area (Å²) in [6, 6.07) is 7.46. The highest BCUT2D eigenvalue weighted by molar-refractivity contribution is 6.22. The fourth-order valence-corrected chi connectivity index (χ4v) is 4.77. The van der Waals surface area contributed by atoms with E-state index in [4.69, 9.17) is 4.74 Å². The van der Waals surface area contributed by atoms with Crippen molar-refractivity contribution in [3.63, 3.8) is 0 Å². The molecule has 23 heavy (non-hydrogen) atoms. The predicted octanol–water partition coefficient (Wildman–Crippen LogP) is 2.07. The van der Waals surface area contributed by atoms with Crippen LogP contribution in [-0.4, -0.2) is 23.9 Å². The van der Waals surface area contributed by atoms with Gasteiger partial charge in [0.1, 0.15) is 6.10 Å². The molecule has 0 N–H and O–H groups in total. The molecule has 1 aliphatic heterocycles. The summed E-state index contributed by atoms with van der Waals surface area (Å²) in [4.78, 5) is 38.3. The molecule has 2 saturated carbocycles. The molecule has 120 valence electrons. The average Bonchev–Trinajstić information content (AvgIpc) is 3.10. The van der Waals surface area contributed by atoms with Crippen LogP contribution in [0.25, 0.3) is 0 Å². The van der Waals surface area contributed by atoms with Crippen LogP contribution in [0, 0.1) is 30.6 Å². The number of anilines is 1. The number of hydrogen-bond donors (Lipinski definition) is 0. The Bertz CT molecular complexity index is 713. The molecule has 0 aromatic heterocycles. The Balaban J connectivity index is 1.65. The third-order valence-corrected chi connectivity index (χ3v) is 5.53. The van der Waals surface area contributed by atoms with Crippen molar-refractivity contribution < 1.29 is 19.1 Å². The summed E-state index contributed by atoms with van der Waals surface area (Å²) < 4.78 is 5.38. The van der Waals surface area contributed by atoms with Crippen molar-refractivity contribution in [3.05, 3.63) is 29.8 Å². The molecule has 5 nitrogen and oxygen atoms in total. The number of fused-ring (bicyclic) bond motifs is 5. The molecule has 3 aliphatic rings. The molecule has 0 spiro atoms. The molecule has 1 aromatic carbocycles. The normalized spacial score (nSPS) is 34.9. The molecule has 1 saturated heterocycles. The number of benzene rings is 1. The Morgan fingerprint density at radius 3 is 2.61 bits per heavy atom. The second kappa shape index (κ2) is 4.91. The summed E-state index contributed by atoms with van der Waals surface area (Å²) in [6.45, 7) is 3.33. The maximum absolute atomic E-state index is 12.9. The van der Waals surface area contributed by atoms with E-state index in [2.05, 4.69) is 0 Å². The predicted molar refractivity (Wildman–Crippen MR) is 82.4 cm³/mol. The molecule has 4 rings (SSSR count). The zero-order chi connectivity index (χ0) is 16.3. The second-order valence-corrected chi connectivity index (χ2v) is 6.95. The number of esters is 1. The van der Waals surface area contributed by atoms with Crippen molar-refractivity contribution in [2.24, 2.45) is 23.7 Å². The first-order chi connectivity index (χ1) is 11.0. The van der Waals surface area contributed by atoms with Gasteiger partial charge in [0.05, 0.1) is 17.5 Å². The number of ether oxygens (including phenoxy) is 1. The number of hydrogen-bond acceptors (Lipinski definition) is 4. The van der Waals surface area contributed by atoms with E-state index in [1.165, 1.54) is 11.8 Å². The standard InChI is InChI=1S/C18H19NO4/c1-9-4-3-5-12(6-9)19-17(21)15-11-7-13(16(15)18(19)22)14(8-11)23-10(2)20/h3-6,11,13-16H,7-8H2,1-2H3. The van der Waals surface area contributed by atoms with E-state index in [-0.39, 0.29) is 47.6 Å². The number of rotatable bonds is 2. The first-order valence-electron chi connectivity index (χ1n) is 8.09. The van der Waals surface area contributed by atoms with E-state index in [0.29, 0.717) is 12.1 Å². The zero-order valence-corrected chi connectivity index (χ0v) is 13.2. The summed E-state index contributed by atoms with van der Waals surface area (Å²) >= 11 is 0. The van der Waals surface area contributed by atoms with Crippen LogP contribution in [0.5, 0.6) is 0 Å². The number of carbonyl (C=O) groups excluding carboxylic acids is 3. The summed E-state index contributed by atoms with van der Waals surface area (Å²) in [5.74, 6) is -0.951. The van der Waals surface area contributed by atoms with Crippen LogP contribution in [0.2, 0.25) is 0 Å². The molecule has 5 unspecified atom stereocenters. The number of nitrogens with zero attached hydrogens (tertiary/aromatic N) is 1. The number of aryl methyl sites for hydroxylation is 1. The monoisotopic (exact) mass is 313 g/mol. The van der Waals surface area contributed by atoms with Gasteiger partial charge in [-0.2, -0.15) is 0 Å². The van der Waals surface area contributed by atoms with Gasteiger partial charge in [0, 0.05) is 12.8 Å². The van der Waals surface area contributed by atoms with Crippen molar-refractivity contribution in [1.82, 2.24) is 0 Å². The van der Waals surface area contributed by atoms with Gasteiger partial charge in [-0.25, -0.2) is 0 Å². The molecular formula is C18H19NO4. The molecule has 0 radical (unpaired) electrons. The van der Waals surface area contributed by atoms with Crippen LogP contribution < -0.4 is 4.90 Å². The average molecular weight is 313 g/mol. The lowest BCUT2D eigenvalue weighted by Gasteiger charge is -2.27. The van der Waals surface area contributed by atoms with Gasteiger partial charge in [0.25, 0.3) is 0 Å². The van der Waals surface area contributed by atoms with Gasteiger partial charge in [0.2, 0.25) is 11.8 Å². The van der Waals surface area contributed by atoms with E-state index in [9.17, 15) is 14.4 Å². The highest BCUT2D eigenvalue weighted by atomic mass is 16.5. The van der Waals surface area contributed by atoms with E-state index in [0.717, 1.165) is 12.0 Å². The Labute approximate surface area is 134 Å². The van der Waals surface area contributed by atoms with Crippen molar-refractivity contribution >= 4 is 23.5 Å². The lowest BCUT2D eigenvalue weighted by molar-refractivity contribution is -0.151. The number of amides is 2. The van der Waals surface area contributed by atoms with Crippen LogP contribution in [0.4, 0.5) is 5.69 Å². The van der Waals surface area contributed by atoms with Crippen LogP contribution in [0.3, 0.4) is 0 Å². The Morgan fingerprint density at radius 1 is 1.17 bits per heavy atom. The molecular weight excluding hydrogens is 294 g/mol. The van der Waals surface area contributed by atoms with Gasteiger partial charge in [0.15, 0.2) is 0 Å². The van der Waals surface area contributed by atoms with E-state index < -0.39 is 0 Å². The summed E-state index contributed by atoms with van der Waals surface area (Å²) in [5, 5.41) is 0. The molecule has 1 heterocycles. The van der Waals surface area contributed by atoms with Gasteiger partial charge >= 0.3 is 5.97 Å². The maximum atomic E-state index is 12.9. The maximum Gasteiger partial charge on any atom is 0.302 e. The van der Waals surface area contributed by atoms with Crippen molar-refractivity contribution in [2.75, 3.05) is 4.90 Å². The fourth-order valence-electron chi connectivity index (χ4n) is 4.77. The first kappa shape index (κ1) is 14.4. The number of carbonyl (C=O) groups is 3. The molecule has 5 atom stereocenters. The van der Waals surface area contributed by atoms with Crippen molar-refractivity contribution in [1.29, 1.82) is 0 Å².